The Balaban J connectivity index is 1.20. The Hall–Kier alpha value is -6.78. The molecular formula is C46H28N2O2. The van der Waals surface area contributed by atoms with Crippen molar-refractivity contribution in [1.29, 1.82) is 0 Å². The van der Waals surface area contributed by atoms with Gasteiger partial charge in [-0.1, -0.05) is 109 Å². The van der Waals surface area contributed by atoms with Gasteiger partial charge >= 0.3 is 0 Å². The Labute approximate surface area is 287 Å². The molecule has 0 radical (unpaired) electrons. The van der Waals surface area contributed by atoms with E-state index >= 15 is 0 Å². The zero-order valence-corrected chi connectivity index (χ0v) is 26.9. The minimum Gasteiger partial charge on any atom is -0.456 e. The van der Waals surface area contributed by atoms with Crippen LogP contribution in [0.4, 0.5) is 0 Å². The van der Waals surface area contributed by atoms with Gasteiger partial charge in [0, 0.05) is 38.2 Å². The van der Waals surface area contributed by atoms with Gasteiger partial charge in [-0.3, -0.25) is 0 Å². The molecule has 0 atom stereocenters. The fourth-order valence-corrected chi connectivity index (χ4v) is 6.99. The number of rotatable bonds is 5. The molecule has 3 heterocycles. The minimum absolute atomic E-state index is 0.682. The molecule has 0 aliphatic carbocycles. The molecule has 4 heteroatoms. The van der Waals surface area contributed by atoms with Gasteiger partial charge in [-0.2, -0.15) is 0 Å². The number of hydrogen-bond donors (Lipinski definition) is 0. The summed E-state index contributed by atoms with van der Waals surface area (Å²) in [7, 11) is 0. The lowest BCUT2D eigenvalue weighted by Crippen LogP contribution is -1.96. The molecule has 0 bridgehead atoms. The monoisotopic (exact) mass is 640 g/mol. The first kappa shape index (κ1) is 28.3. The van der Waals surface area contributed by atoms with E-state index < -0.39 is 0 Å². The molecule has 0 fully saturated rings. The predicted octanol–water partition coefficient (Wildman–Crippen LogP) is 12.6. The van der Waals surface area contributed by atoms with E-state index in [9.17, 15) is 0 Å². The van der Waals surface area contributed by atoms with E-state index in [0.717, 1.165) is 94.2 Å². The maximum atomic E-state index is 6.32. The second-order valence-electron chi connectivity index (χ2n) is 12.6. The fraction of sp³-hybridized carbons (Fsp3) is 0. The second kappa shape index (κ2) is 11.4. The summed E-state index contributed by atoms with van der Waals surface area (Å²) in [6.07, 6.45) is 0. The summed E-state index contributed by atoms with van der Waals surface area (Å²) in [5.74, 6) is 0.682. The van der Waals surface area contributed by atoms with Crippen LogP contribution in [0.5, 0.6) is 0 Å². The van der Waals surface area contributed by atoms with Gasteiger partial charge < -0.3 is 8.83 Å². The average molecular weight is 641 g/mol. The third-order valence-corrected chi connectivity index (χ3v) is 9.48. The van der Waals surface area contributed by atoms with Crippen molar-refractivity contribution in [3.8, 4) is 56.2 Å². The first-order valence-corrected chi connectivity index (χ1v) is 16.7. The van der Waals surface area contributed by atoms with Gasteiger partial charge in [-0.15, -0.1) is 0 Å². The van der Waals surface area contributed by atoms with Crippen LogP contribution in [0, 0.1) is 0 Å². The molecular weight excluding hydrogens is 613 g/mol. The molecule has 0 aliphatic heterocycles. The number of fused-ring (bicyclic) bond motifs is 6. The van der Waals surface area contributed by atoms with Crippen molar-refractivity contribution < 1.29 is 8.83 Å². The number of furan rings is 2. The van der Waals surface area contributed by atoms with E-state index in [-0.39, 0.29) is 0 Å². The van der Waals surface area contributed by atoms with Crippen LogP contribution in [0.25, 0.3) is 100 Å². The van der Waals surface area contributed by atoms with Gasteiger partial charge in [-0.05, 0) is 82.9 Å². The van der Waals surface area contributed by atoms with Crippen LogP contribution in [0.15, 0.2) is 179 Å². The maximum Gasteiger partial charge on any atom is 0.160 e. The summed E-state index contributed by atoms with van der Waals surface area (Å²) < 4.78 is 12.6. The Bertz CT molecular complexity index is 2680. The fourth-order valence-electron chi connectivity index (χ4n) is 6.99. The van der Waals surface area contributed by atoms with Crippen LogP contribution in [-0.4, -0.2) is 9.97 Å². The molecule has 10 rings (SSSR count). The van der Waals surface area contributed by atoms with Crippen molar-refractivity contribution >= 4 is 43.9 Å². The largest absolute Gasteiger partial charge is 0.456 e. The predicted molar refractivity (Wildman–Crippen MR) is 204 cm³/mol. The zero-order valence-electron chi connectivity index (χ0n) is 26.9. The van der Waals surface area contributed by atoms with Crippen LogP contribution in [0.1, 0.15) is 0 Å². The number of aromatic nitrogens is 2. The lowest BCUT2D eigenvalue weighted by molar-refractivity contribution is 0.668. The molecule has 0 saturated heterocycles. The van der Waals surface area contributed by atoms with Crippen molar-refractivity contribution in [2.75, 3.05) is 0 Å². The SMILES string of the molecule is c1ccc(-c2cc(-c3cc(-c4ccc5c(c4)oc4ccccc45)cc(-c4ccc5c(c4)oc4ccccc45)c3)nc(-c3ccccc3)n2)cc1. The lowest BCUT2D eigenvalue weighted by Gasteiger charge is -2.13. The van der Waals surface area contributed by atoms with Crippen LogP contribution < -0.4 is 0 Å². The quantitative estimate of drug-likeness (QED) is 0.188. The second-order valence-corrected chi connectivity index (χ2v) is 12.6. The van der Waals surface area contributed by atoms with Gasteiger partial charge in [0.25, 0.3) is 0 Å². The normalized spacial score (nSPS) is 11.6. The standard InChI is InChI=1S/C46H28N2O2/c1-3-11-29(12-4-1)40-28-41(48-46(47-40)30-13-5-2-6-14-30)35-24-33(31-19-21-38-36-15-7-9-17-42(36)49-44(38)26-31)23-34(25-35)32-20-22-39-37-16-8-10-18-43(37)50-45(39)27-32/h1-28H. The number of benzene rings is 7. The molecule has 0 amide bonds. The summed E-state index contributed by atoms with van der Waals surface area (Å²) in [5.41, 5.74) is 12.4. The highest BCUT2D eigenvalue weighted by Gasteiger charge is 2.16. The smallest absolute Gasteiger partial charge is 0.160 e. The van der Waals surface area contributed by atoms with Crippen molar-refractivity contribution in [1.82, 2.24) is 9.97 Å². The van der Waals surface area contributed by atoms with E-state index in [1.807, 2.05) is 60.7 Å². The summed E-state index contributed by atoms with van der Waals surface area (Å²) >= 11 is 0. The van der Waals surface area contributed by atoms with Gasteiger partial charge in [0.2, 0.25) is 0 Å². The number of hydrogen-bond acceptors (Lipinski definition) is 4. The Kier molecular flexibility index (Phi) is 6.46. The summed E-state index contributed by atoms with van der Waals surface area (Å²) in [4.78, 5) is 10.2. The highest BCUT2D eigenvalue weighted by atomic mass is 16.3. The molecule has 0 unspecified atom stereocenters. The van der Waals surface area contributed by atoms with Crippen LogP contribution in [-0.2, 0) is 0 Å². The molecule has 0 saturated carbocycles. The lowest BCUT2D eigenvalue weighted by atomic mass is 9.93. The molecule has 10 aromatic rings. The van der Waals surface area contributed by atoms with Gasteiger partial charge in [0.05, 0.1) is 11.4 Å². The van der Waals surface area contributed by atoms with Gasteiger partial charge in [-0.25, -0.2) is 9.97 Å². The van der Waals surface area contributed by atoms with E-state index in [1.165, 1.54) is 0 Å². The molecule has 50 heavy (non-hydrogen) atoms. The highest BCUT2D eigenvalue weighted by molar-refractivity contribution is 6.07. The molecule has 0 N–H and O–H groups in total. The van der Waals surface area contributed by atoms with E-state index in [1.54, 1.807) is 0 Å². The minimum atomic E-state index is 0.682. The number of para-hydroxylation sites is 2. The molecule has 4 nitrogen and oxygen atoms in total. The van der Waals surface area contributed by atoms with E-state index in [0.29, 0.717) is 5.82 Å². The summed E-state index contributed by atoms with van der Waals surface area (Å²) in [6.45, 7) is 0. The number of nitrogens with zero attached hydrogens (tertiary/aromatic N) is 2. The van der Waals surface area contributed by atoms with Crippen molar-refractivity contribution in [3.05, 3.63) is 170 Å². The van der Waals surface area contributed by atoms with E-state index in [4.69, 9.17) is 18.8 Å². The first-order valence-electron chi connectivity index (χ1n) is 16.7. The summed E-state index contributed by atoms with van der Waals surface area (Å²) in [6, 6.07) is 58.6. The third kappa shape index (κ3) is 4.85. The average Bonchev–Trinajstić information content (AvgIpc) is 3.76. The van der Waals surface area contributed by atoms with Crippen LogP contribution in [0.3, 0.4) is 0 Å². The first-order chi connectivity index (χ1) is 24.7. The van der Waals surface area contributed by atoms with Crippen molar-refractivity contribution in [2.45, 2.75) is 0 Å². The topological polar surface area (TPSA) is 52.1 Å². The zero-order chi connectivity index (χ0) is 33.0. The maximum absolute atomic E-state index is 6.32. The van der Waals surface area contributed by atoms with Crippen LogP contribution in [0.2, 0.25) is 0 Å². The third-order valence-electron chi connectivity index (χ3n) is 9.48. The Morgan fingerprint density at radius 2 is 0.720 bits per heavy atom. The van der Waals surface area contributed by atoms with Crippen molar-refractivity contribution in [3.63, 3.8) is 0 Å². The van der Waals surface area contributed by atoms with Crippen LogP contribution >= 0.6 is 0 Å². The molecule has 234 valence electrons. The molecule has 0 spiro atoms. The Morgan fingerprint density at radius 3 is 1.28 bits per heavy atom. The summed E-state index contributed by atoms with van der Waals surface area (Å²) in [5, 5.41) is 4.44. The van der Waals surface area contributed by atoms with Crippen molar-refractivity contribution in [2.24, 2.45) is 0 Å². The highest BCUT2D eigenvalue weighted by Crippen LogP contribution is 2.39. The molecule has 3 aromatic heterocycles. The van der Waals surface area contributed by atoms with Gasteiger partial charge in [0.15, 0.2) is 5.82 Å². The van der Waals surface area contributed by atoms with E-state index in [2.05, 4.69) is 109 Å². The Morgan fingerprint density at radius 1 is 0.280 bits per heavy atom. The molecule has 7 aromatic carbocycles. The van der Waals surface area contributed by atoms with Gasteiger partial charge in [0.1, 0.15) is 22.3 Å². The molecule has 0 aliphatic rings.